The van der Waals surface area contributed by atoms with Crippen LogP contribution < -0.4 is 0 Å². The highest BCUT2D eigenvalue weighted by atomic mass is 31.2. The van der Waals surface area contributed by atoms with Crippen LogP contribution in [0, 0.1) is 0 Å². The lowest BCUT2D eigenvalue weighted by Crippen LogP contribution is -2.45. The molecule has 8 heteroatoms. The molecule has 0 fully saturated rings. The maximum atomic E-state index is 12.3. The number of hydrogen-bond acceptors (Lipinski definition) is 6. The van der Waals surface area contributed by atoms with Crippen molar-refractivity contribution in [2.45, 2.75) is 70.6 Å². The lowest BCUT2D eigenvalue weighted by Gasteiger charge is -2.40. The molecule has 0 heterocycles. The van der Waals surface area contributed by atoms with E-state index in [0.717, 1.165) is 5.56 Å². The summed E-state index contributed by atoms with van der Waals surface area (Å²) in [6.45, 7) is 12.0. The van der Waals surface area contributed by atoms with E-state index in [2.05, 4.69) is 33.9 Å². The van der Waals surface area contributed by atoms with Gasteiger partial charge in [-0.2, -0.15) is 0 Å². The summed E-state index contributed by atoms with van der Waals surface area (Å²) in [5, 5.41) is 10.6. The summed E-state index contributed by atoms with van der Waals surface area (Å²) in [7, 11) is -2.64. The maximum Gasteiger partial charge on any atom is 0.332 e. The highest BCUT2D eigenvalue weighted by molar-refractivity contribution is 7.53. The topological polar surface area (TPSA) is 74.2 Å². The molecule has 0 aliphatic rings. The Labute approximate surface area is 177 Å². The Morgan fingerprint density at radius 3 is 2.21 bits per heavy atom. The molecule has 0 aliphatic heterocycles. The average Bonchev–Trinajstić information content (AvgIpc) is 2.64. The van der Waals surface area contributed by atoms with Gasteiger partial charge >= 0.3 is 7.60 Å². The van der Waals surface area contributed by atoms with Crippen LogP contribution in [-0.4, -0.2) is 52.6 Å². The molecule has 1 aromatic rings. The Bertz CT molecular complexity index is 624. The maximum absolute atomic E-state index is 12.3. The van der Waals surface area contributed by atoms with Crippen molar-refractivity contribution in [1.29, 1.82) is 0 Å². The predicted octanol–water partition coefficient (Wildman–Crippen LogP) is 5.22. The molecule has 6 nitrogen and oxygen atoms in total. The summed E-state index contributed by atoms with van der Waals surface area (Å²) in [6.07, 6.45) is -0.0747. The molecule has 1 rings (SSSR count). The van der Waals surface area contributed by atoms with Crippen LogP contribution in [0.15, 0.2) is 30.3 Å². The first kappa shape index (κ1) is 26.5. The number of aliphatic hydroxyl groups excluding tert-OH is 1. The van der Waals surface area contributed by atoms with E-state index in [0.29, 0.717) is 26.1 Å². The summed E-state index contributed by atoms with van der Waals surface area (Å²) in [5.41, 5.74) is 1.12. The molecule has 0 saturated carbocycles. The van der Waals surface area contributed by atoms with Crippen molar-refractivity contribution in [3.05, 3.63) is 35.9 Å². The molecule has 0 spiro atoms. The second-order valence-corrected chi connectivity index (χ2v) is 15.9. The van der Waals surface area contributed by atoms with Gasteiger partial charge < -0.3 is 23.3 Å². The third kappa shape index (κ3) is 9.43. The Hall–Kier alpha value is -0.533. The molecular weight excluding hydrogens is 407 g/mol. The summed E-state index contributed by atoms with van der Waals surface area (Å²) in [6, 6.07) is 10.0. The molecule has 0 amide bonds. The minimum absolute atomic E-state index is 0.0510. The molecular formula is C21H39O6PSi. The quantitative estimate of drug-likeness (QED) is 0.254. The van der Waals surface area contributed by atoms with Gasteiger partial charge in [-0.3, -0.25) is 4.57 Å². The fourth-order valence-corrected chi connectivity index (χ4v) is 5.17. The minimum Gasteiger partial charge on any atom is -0.414 e. The van der Waals surface area contributed by atoms with Crippen molar-refractivity contribution < 1.29 is 27.9 Å². The fourth-order valence-electron chi connectivity index (χ4n) is 2.66. The molecule has 168 valence electrons. The van der Waals surface area contributed by atoms with Crippen LogP contribution in [0.2, 0.25) is 18.1 Å². The van der Waals surface area contributed by atoms with E-state index in [1.54, 1.807) is 0 Å². The monoisotopic (exact) mass is 446 g/mol. The van der Waals surface area contributed by atoms with Crippen molar-refractivity contribution >= 4 is 15.9 Å². The second-order valence-electron chi connectivity index (χ2n) is 8.88. The van der Waals surface area contributed by atoms with Crippen LogP contribution >= 0.6 is 7.60 Å². The average molecular weight is 447 g/mol. The number of aliphatic hydroxyl groups is 1. The number of benzene rings is 1. The van der Waals surface area contributed by atoms with Gasteiger partial charge in [0.25, 0.3) is 0 Å². The SMILES string of the molecule is COP(=O)(CC(O)C[C@H](CCOCc1ccccc1)O[Si](C)(C)C(C)(C)C)OC. The summed E-state index contributed by atoms with van der Waals surface area (Å²) in [5.74, 6) is 0. The van der Waals surface area contributed by atoms with Gasteiger partial charge in [0, 0.05) is 26.9 Å². The van der Waals surface area contributed by atoms with E-state index in [-0.39, 0.29) is 17.3 Å². The summed E-state index contributed by atoms with van der Waals surface area (Å²) in [4.78, 5) is 0. The third-order valence-corrected chi connectivity index (χ3v) is 12.0. The first-order chi connectivity index (χ1) is 13.4. The van der Waals surface area contributed by atoms with Crippen LogP contribution in [0.3, 0.4) is 0 Å². The van der Waals surface area contributed by atoms with Crippen molar-refractivity contribution in [3.8, 4) is 0 Å². The largest absolute Gasteiger partial charge is 0.414 e. The molecule has 1 unspecified atom stereocenters. The van der Waals surface area contributed by atoms with E-state index in [9.17, 15) is 9.67 Å². The van der Waals surface area contributed by atoms with Gasteiger partial charge in [-0.05, 0) is 36.5 Å². The van der Waals surface area contributed by atoms with Gasteiger partial charge in [-0.25, -0.2) is 0 Å². The van der Waals surface area contributed by atoms with Gasteiger partial charge in [0.05, 0.1) is 18.9 Å². The third-order valence-electron chi connectivity index (χ3n) is 5.49. The van der Waals surface area contributed by atoms with Crippen LogP contribution in [0.25, 0.3) is 0 Å². The van der Waals surface area contributed by atoms with Gasteiger partial charge in [0.15, 0.2) is 8.32 Å². The van der Waals surface area contributed by atoms with Crippen molar-refractivity contribution in [2.24, 2.45) is 0 Å². The van der Waals surface area contributed by atoms with Gasteiger partial charge in [0.2, 0.25) is 0 Å². The standard InChI is InChI=1S/C21H39O6PSi/c1-21(2,3)29(6,7)27-20(15-19(22)17-28(23,24-4)25-5)13-14-26-16-18-11-9-8-10-12-18/h8-12,19-20,22H,13-17H2,1-7H3/t19?,20-/m0/s1. The first-order valence-electron chi connectivity index (χ1n) is 10.1. The van der Waals surface area contributed by atoms with Crippen LogP contribution in [-0.2, 0) is 29.4 Å². The van der Waals surface area contributed by atoms with Crippen molar-refractivity contribution in [3.63, 3.8) is 0 Å². The molecule has 0 bridgehead atoms. The molecule has 1 aromatic carbocycles. The highest BCUT2D eigenvalue weighted by Gasteiger charge is 2.39. The number of hydrogen-bond donors (Lipinski definition) is 1. The first-order valence-corrected chi connectivity index (χ1v) is 14.7. The van der Waals surface area contributed by atoms with E-state index < -0.39 is 22.0 Å². The lowest BCUT2D eigenvalue weighted by atomic mass is 10.1. The number of rotatable bonds is 13. The van der Waals surface area contributed by atoms with Crippen molar-refractivity contribution in [1.82, 2.24) is 0 Å². The normalized spacial score (nSPS) is 15.3. The Kier molecular flexibility index (Phi) is 10.7. The summed E-state index contributed by atoms with van der Waals surface area (Å²) >= 11 is 0. The zero-order valence-electron chi connectivity index (χ0n) is 19.0. The molecule has 29 heavy (non-hydrogen) atoms. The van der Waals surface area contributed by atoms with Crippen LogP contribution in [0.1, 0.15) is 39.2 Å². The predicted molar refractivity (Wildman–Crippen MR) is 120 cm³/mol. The zero-order chi connectivity index (χ0) is 22.1. The van der Waals surface area contributed by atoms with Crippen molar-refractivity contribution in [2.75, 3.05) is 27.0 Å². The smallest absolute Gasteiger partial charge is 0.332 e. The van der Waals surface area contributed by atoms with Gasteiger partial charge in [-0.15, -0.1) is 0 Å². The fraction of sp³-hybridized carbons (Fsp3) is 0.714. The number of ether oxygens (including phenoxy) is 1. The molecule has 0 aromatic heterocycles. The van der Waals surface area contributed by atoms with E-state index in [4.69, 9.17) is 18.2 Å². The second kappa shape index (κ2) is 11.7. The molecule has 0 aliphatic carbocycles. The van der Waals surface area contributed by atoms with Crippen LogP contribution in [0.5, 0.6) is 0 Å². The van der Waals surface area contributed by atoms with Crippen LogP contribution in [0.4, 0.5) is 0 Å². The Balaban J connectivity index is 2.71. The molecule has 2 atom stereocenters. The van der Waals surface area contributed by atoms with Gasteiger partial charge in [-0.1, -0.05) is 51.1 Å². The van der Waals surface area contributed by atoms with E-state index in [1.807, 2.05) is 30.3 Å². The highest BCUT2D eigenvalue weighted by Crippen LogP contribution is 2.47. The van der Waals surface area contributed by atoms with E-state index >= 15 is 0 Å². The minimum atomic E-state index is -3.27. The Morgan fingerprint density at radius 2 is 1.69 bits per heavy atom. The molecule has 1 N–H and O–H groups in total. The summed E-state index contributed by atoms with van der Waals surface area (Å²) < 4.78 is 34.6. The van der Waals surface area contributed by atoms with Gasteiger partial charge in [0.1, 0.15) is 0 Å². The Morgan fingerprint density at radius 1 is 1.10 bits per heavy atom. The molecule has 0 radical (unpaired) electrons. The molecule has 0 saturated heterocycles. The van der Waals surface area contributed by atoms with E-state index in [1.165, 1.54) is 14.2 Å². The lowest BCUT2D eigenvalue weighted by molar-refractivity contribution is 0.0506. The zero-order valence-corrected chi connectivity index (χ0v) is 20.9.